The minimum Gasteiger partial charge on any atom is -0.332 e. The summed E-state index contributed by atoms with van der Waals surface area (Å²) in [6.07, 6.45) is 1.65. The van der Waals surface area contributed by atoms with E-state index in [0.29, 0.717) is 13.1 Å². The molecule has 2 aromatic rings. The van der Waals surface area contributed by atoms with Crippen molar-refractivity contribution in [2.24, 2.45) is 0 Å². The summed E-state index contributed by atoms with van der Waals surface area (Å²) in [4.78, 5) is 30.6. The number of amides is 2. The van der Waals surface area contributed by atoms with Gasteiger partial charge in [0.2, 0.25) is 11.8 Å². The van der Waals surface area contributed by atoms with E-state index in [1.807, 2.05) is 24.0 Å². The lowest BCUT2D eigenvalue weighted by Crippen LogP contribution is -2.48. The van der Waals surface area contributed by atoms with Crippen LogP contribution >= 0.6 is 22.9 Å². The van der Waals surface area contributed by atoms with Gasteiger partial charge >= 0.3 is 0 Å². The van der Waals surface area contributed by atoms with Crippen molar-refractivity contribution in [2.45, 2.75) is 45.0 Å². The van der Waals surface area contributed by atoms with Crippen LogP contribution in [0.15, 0.2) is 35.7 Å². The number of rotatable bonds is 6. The summed E-state index contributed by atoms with van der Waals surface area (Å²) >= 11 is 7.77. The molecule has 0 saturated heterocycles. The highest BCUT2D eigenvalue weighted by atomic mass is 35.5. The summed E-state index contributed by atoms with van der Waals surface area (Å²) < 4.78 is 0. The smallest absolute Gasteiger partial charge is 0.242 e. The molecule has 0 aliphatic carbocycles. The van der Waals surface area contributed by atoms with E-state index in [9.17, 15) is 9.59 Å². The molecule has 4 nitrogen and oxygen atoms in total. The van der Waals surface area contributed by atoms with E-state index in [1.165, 1.54) is 16.0 Å². The Labute approximate surface area is 176 Å². The number of nitrogens with zero attached hydrogens (tertiary/aromatic N) is 2. The Balaban J connectivity index is 1.92. The van der Waals surface area contributed by atoms with Crippen LogP contribution in [0.1, 0.15) is 47.9 Å². The van der Waals surface area contributed by atoms with Crippen molar-refractivity contribution in [1.82, 2.24) is 9.80 Å². The van der Waals surface area contributed by atoms with Crippen LogP contribution in [0.5, 0.6) is 0 Å². The molecule has 0 bridgehead atoms. The van der Waals surface area contributed by atoms with Gasteiger partial charge in [-0.3, -0.25) is 9.59 Å². The summed E-state index contributed by atoms with van der Waals surface area (Å²) in [6.45, 7) is 7.01. The van der Waals surface area contributed by atoms with E-state index in [1.54, 1.807) is 23.2 Å². The van der Waals surface area contributed by atoms with Crippen LogP contribution < -0.4 is 0 Å². The molecular weight excluding hydrogens is 392 g/mol. The third-order valence-electron chi connectivity index (χ3n) is 5.24. The molecule has 150 valence electrons. The van der Waals surface area contributed by atoms with Gasteiger partial charge in [0.05, 0.1) is 12.6 Å². The van der Waals surface area contributed by atoms with Crippen LogP contribution in [0.2, 0.25) is 0 Å². The third-order valence-corrected chi connectivity index (χ3v) is 6.42. The number of alkyl halides is 1. The number of hydrogen-bond donors (Lipinski definition) is 0. The fourth-order valence-corrected chi connectivity index (χ4v) is 4.90. The van der Waals surface area contributed by atoms with Crippen molar-refractivity contribution in [3.63, 3.8) is 0 Å². The minimum atomic E-state index is -0.628. The quantitative estimate of drug-likeness (QED) is 0.652. The SMILES string of the molecule is CCCN(CC(=O)N1CCc2sccc2C1c1ccccc1C)C(=O)C(C)Cl. The van der Waals surface area contributed by atoms with Crippen molar-refractivity contribution in [2.75, 3.05) is 19.6 Å². The van der Waals surface area contributed by atoms with Crippen molar-refractivity contribution in [3.05, 3.63) is 57.3 Å². The molecule has 2 amide bonds. The number of carbonyl (C=O) groups excluding carboxylic acids is 2. The molecule has 1 aliphatic rings. The molecule has 0 fully saturated rings. The first-order valence-electron chi connectivity index (χ1n) is 9.78. The Morgan fingerprint density at radius 1 is 1.29 bits per heavy atom. The molecule has 1 aliphatic heterocycles. The lowest BCUT2D eigenvalue weighted by molar-refractivity contribution is -0.141. The standard InChI is InChI=1S/C22H27ClN2O2S/c1-4-11-24(22(27)16(3)23)14-20(26)25-12-9-19-18(10-13-28-19)21(25)17-8-6-5-7-15(17)2/h5-8,10,13,16,21H,4,9,11-12,14H2,1-3H3. The van der Waals surface area contributed by atoms with Crippen LogP contribution in [0.25, 0.3) is 0 Å². The first-order valence-corrected chi connectivity index (χ1v) is 11.1. The van der Waals surface area contributed by atoms with Crippen LogP contribution in [-0.4, -0.2) is 46.6 Å². The molecule has 2 heterocycles. The highest BCUT2D eigenvalue weighted by Crippen LogP contribution is 2.39. The summed E-state index contributed by atoms with van der Waals surface area (Å²) in [7, 11) is 0. The lowest BCUT2D eigenvalue weighted by Gasteiger charge is -2.38. The van der Waals surface area contributed by atoms with Crippen LogP contribution in [0.3, 0.4) is 0 Å². The van der Waals surface area contributed by atoms with Gasteiger partial charge in [-0.2, -0.15) is 0 Å². The van der Waals surface area contributed by atoms with E-state index in [4.69, 9.17) is 11.6 Å². The molecule has 0 spiro atoms. The van der Waals surface area contributed by atoms with E-state index in [-0.39, 0.29) is 24.4 Å². The van der Waals surface area contributed by atoms with E-state index < -0.39 is 5.38 Å². The minimum absolute atomic E-state index is 0.0239. The van der Waals surface area contributed by atoms with Gasteiger partial charge in [-0.05, 0) is 54.8 Å². The van der Waals surface area contributed by atoms with Crippen molar-refractivity contribution in [1.29, 1.82) is 0 Å². The van der Waals surface area contributed by atoms with Gasteiger partial charge in [0.1, 0.15) is 5.38 Å². The zero-order valence-electron chi connectivity index (χ0n) is 16.7. The van der Waals surface area contributed by atoms with Gasteiger partial charge in [-0.15, -0.1) is 22.9 Å². The number of hydrogen-bond acceptors (Lipinski definition) is 3. The fraction of sp³-hybridized carbons (Fsp3) is 0.455. The number of thiophene rings is 1. The second-order valence-electron chi connectivity index (χ2n) is 7.27. The fourth-order valence-electron chi connectivity index (χ4n) is 3.86. The molecule has 2 atom stereocenters. The molecule has 1 aromatic heterocycles. The summed E-state index contributed by atoms with van der Waals surface area (Å²) in [6, 6.07) is 10.3. The monoisotopic (exact) mass is 418 g/mol. The largest absolute Gasteiger partial charge is 0.332 e. The van der Waals surface area contributed by atoms with Crippen molar-refractivity contribution < 1.29 is 9.59 Å². The predicted molar refractivity (Wildman–Crippen MR) is 115 cm³/mol. The van der Waals surface area contributed by atoms with E-state index in [0.717, 1.165) is 18.4 Å². The molecule has 0 saturated carbocycles. The first-order chi connectivity index (χ1) is 13.4. The average Bonchev–Trinajstić information content (AvgIpc) is 3.15. The summed E-state index contributed by atoms with van der Waals surface area (Å²) in [5, 5.41) is 1.47. The number of aryl methyl sites for hydroxylation is 1. The number of fused-ring (bicyclic) bond motifs is 1. The topological polar surface area (TPSA) is 40.6 Å². The predicted octanol–water partition coefficient (Wildman–Crippen LogP) is 4.40. The number of carbonyl (C=O) groups is 2. The Morgan fingerprint density at radius 2 is 2.04 bits per heavy atom. The summed E-state index contributed by atoms with van der Waals surface area (Å²) in [5.74, 6) is -0.207. The Kier molecular flexibility index (Phi) is 6.78. The second-order valence-corrected chi connectivity index (χ2v) is 8.93. The maximum atomic E-state index is 13.3. The Morgan fingerprint density at radius 3 is 2.71 bits per heavy atom. The van der Waals surface area contributed by atoms with Gasteiger partial charge in [-0.1, -0.05) is 31.2 Å². The normalized spacial score (nSPS) is 17.1. The summed E-state index contributed by atoms with van der Waals surface area (Å²) in [5.41, 5.74) is 3.52. The Hall–Kier alpha value is -1.85. The highest BCUT2D eigenvalue weighted by molar-refractivity contribution is 7.10. The van der Waals surface area contributed by atoms with Crippen molar-refractivity contribution in [3.8, 4) is 0 Å². The Bertz CT molecular complexity index is 849. The van der Waals surface area contributed by atoms with Gasteiger partial charge in [0, 0.05) is 18.0 Å². The number of benzene rings is 1. The molecule has 28 heavy (non-hydrogen) atoms. The third kappa shape index (κ3) is 4.26. The van der Waals surface area contributed by atoms with Gasteiger partial charge in [-0.25, -0.2) is 0 Å². The zero-order chi connectivity index (χ0) is 20.3. The molecular formula is C22H27ClN2O2S. The zero-order valence-corrected chi connectivity index (χ0v) is 18.2. The molecule has 2 unspecified atom stereocenters. The van der Waals surface area contributed by atoms with Crippen LogP contribution in [-0.2, 0) is 16.0 Å². The van der Waals surface area contributed by atoms with Crippen LogP contribution in [0.4, 0.5) is 0 Å². The second kappa shape index (κ2) is 9.10. The van der Waals surface area contributed by atoms with E-state index >= 15 is 0 Å². The average molecular weight is 419 g/mol. The molecule has 3 rings (SSSR count). The maximum absolute atomic E-state index is 13.3. The van der Waals surface area contributed by atoms with Gasteiger partial charge < -0.3 is 9.80 Å². The molecule has 0 radical (unpaired) electrons. The maximum Gasteiger partial charge on any atom is 0.242 e. The molecule has 0 N–H and O–H groups in total. The lowest BCUT2D eigenvalue weighted by atomic mass is 9.90. The van der Waals surface area contributed by atoms with E-state index in [2.05, 4.69) is 30.5 Å². The van der Waals surface area contributed by atoms with Crippen LogP contribution in [0, 0.1) is 6.92 Å². The van der Waals surface area contributed by atoms with Gasteiger partial charge in [0.25, 0.3) is 0 Å². The number of halogens is 1. The molecule has 6 heteroatoms. The van der Waals surface area contributed by atoms with Gasteiger partial charge in [0.15, 0.2) is 0 Å². The molecule has 1 aromatic carbocycles. The highest BCUT2D eigenvalue weighted by Gasteiger charge is 2.34. The van der Waals surface area contributed by atoms with Crippen molar-refractivity contribution >= 4 is 34.8 Å². The first kappa shape index (κ1) is 20.9.